The van der Waals surface area contributed by atoms with Gasteiger partial charge in [-0.3, -0.25) is 9.69 Å². The maximum Gasteiger partial charge on any atom is 0.271 e. The van der Waals surface area contributed by atoms with Gasteiger partial charge in [-0.2, -0.15) is 5.10 Å². The third-order valence-electron chi connectivity index (χ3n) is 5.83. The number of nitrogens with one attached hydrogen (secondary N) is 1. The lowest BCUT2D eigenvalue weighted by Crippen LogP contribution is -2.47. The van der Waals surface area contributed by atoms with Gasteiger partial charge in [-0.15, -0.1) is 0 Å². The van der Waals surface area contributed by atoms with Crippen LogP contribution in [0.25, 0.3) is 0 Å². The van der Waals surface area contributed by atoms with Crippen LogP contribution < -0.4 is 15.1 Å². The molecule has 1 fully saturated rings. The molecule has 3 aromatic rings. The molecule has 0 radical (unpaired) electrons. The first-order valence-corrected chi connectivity index (χ1v) is 13.8. The van der Waals surface area contributed by atoms with Crippen LogP contribution in [0.15, 0.2) is 68.6 Å². The molecule has 1 aliphatic heterocycles. The molecule has 0 aliphatic carbocycles. The van der Waals surface area contributed by atoms with E-state index in [1.807, 2.05) is 24.3 Å². The van der Waals surface area contributed by atoms with Gasteiger partial charge in [-0.25, -0.2) is 5.43 Å². The first kappa shape index (κ1) is 27.7. The second kappa shape index (κ2) is 13.0. The lowest BCUT2D eigenvalue weighted by molar-refractivity contribution is 0.0955. The number of phenols is 1. The zero-order valence-electron chi connectivity index (χ0n) is 19.6. The van der Waals surface area contributed by atoms with Crippen molar-refractivity contribution in [2.45, 2.75) is 0 Å². The summed E-state index contributed by atoms with van der Waals surface area (Å²) >= 11 is 19.0. The Labute approximate surface area is 242 Å². The zero-order chi connectivity index (χ0) is 26.4. The molecule has 0 unspecified atom stereocenters. The van der Waals surface area contributed by atoms with Crippen LogP contribution in [0.5, 0.6) is 11.5 Å². The molecule has 194 valence electrons. The highest BCUT2D eigenvalue weighted by molar-refractivity contribution is 9.11. The molecule has 4 rings (SSSR count). The Hall–Kier alpha value is -2.30. The van der Waals surface area contributed by atoms with E-state index in [1.165, 1.54) is 30.1 Å². The first-order valence-electron chi connectivity index (χ1n) is 11.5. The summed E-state index contributed by atoms with van der Waals surface area (Å²) in [7, 11) is 0. The van der Waals surface area contributed by atoms with E-state index in [9.17, 15) is 9.90 Å². The van der Waals surface area contributed by atoms with Crippen molar-refractivity contribution in [3.05, 3.63) is 84.7 Å². The number of aromatic hydroxyl groups is 1. The van der Waals surface area contributed by atoms with Gasteiger partial charge in [0.15, 0.2) is 0 Å². The Morgan fingerprint density at radius 1 is 1.03 bits per heavy atom. The number of rotatable bonds is 8. The Kier molecular flexibility index (Phi) is 9.72. The number of piperazine rings is 1. The summed E-state index contributed by atoms with van der Waals surface area (Å²) < 4.78 is 7.60. The summed E-state index contributed by atoms with van der Waals surface area (Å²) in [6, 6.07) is 15.9. The summed E-state index contributed by atoms with van der Waals surface area (Å²) in [5.74, 6) is 0.181. The number of nitrogens with zero attached hydrogens (tertiary/aromatic N) is 3. The standard InChI is InChI=1S/C26H24Br2Cl2N4O3/c27-21-13-17(16-31-32-26(36)18-1-6-24(35)23(30)15-18)14-22(28)25(21)37-12-11-33-7-9-34(10-8-33)20-4-2-19(29)3-5-20/h1-6,13-16,35H,7-12H2,(H,32,36)/b31-16+. The van der Waals surface area contributed by atoms with E-state index in [-0.39, 0.29) is 16.3 Å². The lowest BCUT2D eigenvalue weighted by Gasteiger charge is -2.36. The highest BCUT2D eigenvalue weighted by Gasteiger charge is 2.17. The molecular weight excluding hydrogens is 647 g/mol. The minimum Gasteiger partial charge on any atom is -0.506 e. The minimum absolute atomic E-state index is 0.0875. The van der Waals surface area contributed by atoms with Crippen LogP contribution in [0.4, 0.5) is 5.69 Å². The van der Waals surface area contributed by atoms with Gasteiger partial charge in [-0.1, -0.05) is 23.2 Å². The molecular formula is C26H24Br2Cl2N4O3. The molecule has 3 aromatic carbocycles. The monoisotopic (exact) mass is 668 g/mol. The topological polar surface area (TPSA) is 77.4 Å². The Balaban J connectivity index is 1.25. The molecule has 1 aliphatic rings. The molecule has 37 heavy (non-hydrogen) atoms. The molecule has 0 aromatic heterocycles. The van der Waals surface area contributed by atoms with Crippen molar-refractivity contribution in [2.24, 2.45) is 5.10 Å². The fourth-order valence-electron chi connectivity index (χ4n) is 3.83. The molecule has 1 saturated heterocycles. The van der Waals surface area contributed by atoms with Crippen molar-refractivity contribution in [3.8, 4) is 11.5 Å². The molecule has 1 amide bonds. The van der Waals surface area contributed by atoms with Crippen molar-refractivity contribution < 1.29 is 14.6 Å². The number of carbonyl (C=O) groups is 1. The van der Waals surface area contributed by atoms with E-state index in [0.29, 0.717) is 12.4 Å². The molecule has 2 N–H and O–H groups in total. The van der Waals surface area contributed by atoms with E-state index in [1.54, 1.807) is 0 Å². The van der Waals surface area contributed by atoms with E-state index < -0.39 is 5.91 Å². The van der Waals surface area contributed by atoms with Gasteiger partial charge in [0.05, 0.1) is 20.2 Å². The fourth-order valence-corrected chi connectivity index (χ4v) is 5.59. The third-order valence-corrected chi connectivity index (χ3v) is 7.56. The predicted octanol–water partition coefficient (Wildman–Crippen LogP) is 6.19. The fraction of sp³-hybridized carbons (Fsp3) is 0.231. The second-order valence-corrected chi connectivity index (χ2v) is 10.9. The van der Waals surface area contributed by atoms with E-state index in [0.717, 1.165) is 52.3 Å². The van der Waals surface area contributed by atoms with Gasteiger partial charge < -0.3 is 14.7 Å². The highest BCUT2D eigenvalue weighted by atomic mass is 79.9. The number of ether oxygens (including phenoxy) is 1. The number of amides is 1. The van der Waals surface area contributed by atoms with Crippen LogP contribution in [0, 0.1) is 0 Å². The van der Waals surface area contributed by atoms with E-state index in [2.05, 4.69) is 64.3 Å². The van der Waals surface area contributed by atoms with Gasteiger partial charge >= 0.3 is 0 Å². The number of hydrogen-bond acceptors (Lipinski definition) is 6. The van der Waals surface area contributed by atoms with Gasteiger partial charge in [-0.05, 0) is 92.0 Å². The van der Waals surface area contributed by atoms with Crippen LogP contribution in [0.1, 0.15) is 15.9 Å². The predicted molar refractivity (Wildman–Crippen MR) is 156 cm³/mol. The van der Waals surface area contributed by atoms with Crippen molar-refractivity contribution in [3.63, 3.8) is 0 Å². The molecule has 0 atom stereocenters. The molecule has 0 bridgehead atoms. The number of carbonyl (C=O) groups excluding carboxylic acids is 1. The first-order chi connectivity index (χ1) is 17.8. The maximum absolute atomic E-state index is 12.2. The van der Waals surface area contributed by atoms with Crippen LogP contribution in [-0.4, -0.2) is 61.5 Å². The van der Waals surface area contributed by atoms with Crippen LogP contribution in [0.3, 0.4) is 0 Å². The van der Waals surface area contributed by atoms with Gasteiger partial charge in [0.1, 0.15) is 18.1 Å². The quantitative estimate of drug-likeness (QED) is 0.221. The van der Waals surface area contributed by atoms with Crippen LogP contribution in [0.2, 0.25) is 10.0 Å². The highest BCUT2D eigenvalue weighted by Crippen LogP contribution is 2.34. The van der Waals surface area contributed by atoms with E-state index in [4.69, 9.17) is 27.9 Å². The Bertz CT molecular complexity index is 1260. The minimum atomic E-state index is -0.440. The molecule has 0 saturated carbocycles. The summed E-state index contributed by atoms with van der Waals surface area (Å²) in [6.45, 7) is 5.22. The SMILES string of the molecule is O=C(N/N=C/c1cc(Br)c(OCCN2CCN(c3ccc(Cl)cc3)CC2)c(Br)c1)c1ccc(O)c(Cl)c1. The molecule has 11 heteroatoms. The number of benzene rings is 3. The van der Waals surface area contributed by atoms with Gasteiger partial charge in [0, 0.05) is 49.0 Å². The van der Waals surface area contributed by atoms with Crippen molar-refractivity contribution in [1.82, 2.24) is 10.3 Å². The van der Waals surface area contributed by atoms with E-state index >= 15 is 0 Å². The smallest absolute Gasteiger partial charge is 0.271 e. The number of hydrogen-bond donors (Lipinski definition) is 2. The van der Waals surface area contributed by atoms with Crippen molar-refractivity contribution >= 4 is 72.9 Å². The maximum atomic E-state index is 12.2. The number of halogens is 4. The zero-order valence-corrected chi connectivity index (χ0v) is 24.3. The lowest BCUT2D eigenvalue weighted by atomic mass is 10.2. The van der Waals surface area contributed by atoms with Gasteiger partial charge in [0.2, 0.25) is 0 Å². The second-order valence-electron chi connectivity index (χ2n) is 8.33. The number of hydrazone groups is 1. The summed E-state index contributed by atoms with van der Waals surface area (Å²) in [5.41, 5.74) is 4.69. The molecule has 1 heterocycles. The summed E-state index contributed by atoms with van der Waals surface area (Å²) in [6.07, 6.45) is 1.53. The summed E-state index contributed by atoms with van der Waals surface area (Å²) in [5, 5.41) is 14.3. The Morgan fingerprint density at radius 3 is 2.35 bits per heavy atom. The largest absolute Gasteiger partial charge is 0.506 e. The number of anilines is 1. The average molecular weight is 671 g/mol. The van der Waals surface area contributed by atoms with Crippen LogP contribution in [-0.2, 0) is 0 Å². The summed E-state index contributed by atoms with van der Waals surface area (Å²) in [4.78, 5) is 17.0. The number of phenolic OH excluding ortho intramolecular Hbond substituents is 1. The van der Waals surface area contributed by atoms with Crippen molar-refractivity contribution in [1.29, 1.82) is 0 Å². The molecule has 0 spiro atoms. The average Bonchev–Trinajstić information content (AvgIpc) is 2.88. The third kappa shape index (κ3) is 7.61. The van der Waals surface area contributed by atoms with Gasteiger partial charge in [0.25, 0.3) is 5.91 Å². The molecule has 7 nitrogen and oxygen atoms in total. The normalized spacial score (nSPS) is 14.2. The van der Waals surface area contributed by atoms with Crippen LogP contribution >= 0.6 is 55.1 Å². The van der Waals surface area contributed by atoms with Crippen molar-refractivity contribution in [2.75, 3.05) is 44.2 Å². The Morgan fingerprint density at radius 2 is 1.70 bits per heavy atom.